The molecule has 0 unspecified atom stereocenters. The first-order valence-electron chi connectivity index (χ1n) is 7.42. The fraction of sp³-hybridized carbons (Fsp3) is 0.857. The second-order valence-corrected chi connectivity index (χ2v) is 6.07. The smallest absolute Gasteiger partial charge is 0.319 e. The summed E-state index contributed by atoms with van der Waals surface area (Å²) < 4.78 is 0. The van der Waals surface area contributed by atoms with Crippen molar-refractivity contribution < 1.29 is 9.59 Å². The highest BCUT2D eigenvalue weighted by Crippen LogP contribution is 2.21. The zero-order valence-corrected chi connectivity index (χ0v) is 12.8. The number of carbonyl (C=O) groups is 2. The Hall–Kier alpha value is -1.30. The van der Waals surface area contributed by atoms with Crippen LogP contribution in [0.1, 0.15) is 12.8 Å². The van der Waals surface area contributed by atoms with E-state index in [0.29, 0.717) is 13.1 Å². The van der Waals surface area contributed by atoms with Crippen molar-refractivity contribution in [1.29, 1.82) is 0 Å². The molecule has 6 heteroatoms. The number of rotatable bonds is 1. The molecule has 6 nitrogen and oxygen atoms in total. The molecule has 20 heavy (non-hydrogen) atoms. The van der Waals surface area contributed by atoms with Crippen molar-refractivity contribution in [3.8, 4) is 0 Å². The van der Waals surface area contributed by atoms with Gasteiger partial charge in [-0.1, -0.05) is 0 Å². The average molecular weight is 282 g/mol. The van der Waals surface area contributed by atoms with Crippen LogP contribution in [-0.4, -0.2) is 91.9 Å². The molecule has 2 heterocycles. The number of urea groups is 1. The zero-order chi connectivity index (χ0) is 14.7. The van der Waals surface area contributed by atoms with Gasteiger partial charge in [0.05, 0.1) is 0 Å². The number of hydrogen-bond donors (Lipinski definition) is 0. The fourth-order valence-corrected chi connectivity index (χ4v) is 2.89. The molecular weight excluding hydrogens is 256 g/mol. The normalized spacial score (nSPS) is 21.9. The van der Waals surface area contributed by atoms with E-state index in [4.69, 9.17) is 0 Å². The van der Waals surface area contributed by atoms with Crippen molar-refractivity contribution in [2.75, 3.05) is 60.4 Å². The summed E-state index contributed by atoms with van der Waals surface area (Å²) >= 11 is 0. The number of piperidine rings is 1. The summed E-state index contributed by atoms with van der Waals surface area (Å²) in [7, 11) is 5.63. The number of amides is 3. The van der Waals surface area contributed by atoms with Crippen LogP contribution in [0.15, 0.2) is 0 Å². The van der Waals surface area contributed by atoms with Gasteiger partial charge in [-0.25, -0.2) is 4.79 Å². The topological polar surface area (TPSA) is 47.1 Å². The van der Waals surface area contributed by atoms with E-state index in [1.165, 1.54) is 0 Å². The van der Waals surface area contributed by atoms with Crippen LogP contribution in [0.4, 0.5) is 4.79 Å². The Morgan fingerprint density at radius 2 is 1.45 bits per heavy atom. The maximum Gasteiger partial charge on any atom is 0.319 e. The quantitative estimate of drug-likeness (QED) is 0.688. The van der Waals surface area contributed by atoms with Crippen molar-refractivity contribution in [1.82, 2.24) is 19.6 Å². The maximum atomic E-state index is 12.5. The largest absolute Gasteiger partial charge is 0.340 e. The second-order valence-electron chi connectivity index (χ2n) is 6.07. The summed E-state index contributed by atoms with van der Waals surface area (Å²) in [5.41, 5.74) is 0. The molecule has 0 aromatic carbocycles. The first-order valence-corrected chi connectivity index (χ1v) is 7.42. The molecule has 0 aromatic rings. The van der Waals surface area contributed by atoms with E-state index in [9.17, 15) is 9.59 Å². The molecule has 0 aliphatic carbocycles. The van der Waals surface area contributed by atoms with Gasteiger partial charge < -0.3 is 19.6 Å². The molecule has 0 atom stereocenters. The third-order valence-electron chi connectivity index (χ3n) is 4.31. The lowest BCUT2D eigenvalue weighted by Gasteiger charge is -2.38. The highest BCUT2D eigenvalue weighted by Gasteiger charge is 2.31. The SMILES string of the molecule is CN1CCN(C(=O)C2CCN(C(=O)N(C)C)CC2)CC1. The van der Waals surface area contributed by atoms with E-state index in [2.05, 4.69) is 11.9 Å². The fourth-order valence-electron chi connectivity index (χ4n) is 2.89. The standard InChI is InChI=1S/C14H26N4O2/c1-15(2)14(20)18-6-4-12(5-7-18)13(19)17-10-8-16(3)9-11-17/h12H,4-11H2,1-3H3. The van der Waals surface area contributed by atoms with Gasteiger partial charge in [0.2, 0.25) is 5.91 Å². The molecule has 114 valence electrons. The minimum Gasteiger partial charge on any atom is -0.340 e. The molecule has 0 bridgehead atoms. The molecule has 2 rings (SSSR count). The van der Waals surface area contributed by atoms with E-state index in [1.807, 2.05) is 9.80 Å². The van der Waals surface area contributed by atoms with Crippen LogP contribution < -0.4 is 0 Å². The molecule has 3 amide bonds. The highest BCUT2D eigenvalue weighted by atomic mass is 16.2. The van der Waals surface area contributed by atoms with Crippen molar-refractivity contribution in [3.05, 3.63) is 0 Å². The Kier molecular flexibility index (Phi) is 4.86. The number of hydrogen-bond acceptors (Lipinski definition) is 3. The molecule has 2 aliphatic rings. The molecular formula is C14H26N4O2. The van der Waals surface area contributed by atoms with E-state index >= 15 is 0 Å². The minimum atomic E-state index is 0.0514. The minimum absolute atomic E-state index is 0.0514. The molecule has 0 aromatic heterocycles. The Morgan fingerprint density at radius 1 is 0.900 bits per heavy atom. The van der Waals surface area contributed by atoms with Crippen LogP contribution in [0.25, 0.3) is 0 Å². The molecule has 0 N–H and O–H groups in total. The summed E-state index contributed by atoms with van der Waals surface area (Å²) in [5.74, 6) is 0.389. The molecule has 2 fully saturated rings. The van der Waals surface area contributed by atoms with Crippen LogP contribution in [0.2, 0.25) is 0 Å². The number of likely N-dealkylation sites (tertiary alicyclic amines) is 1. The number of nitrogens with zero attached hydrogens (tertiary/aromatic N) is 4. The lowest BCUT2D eigenvalue weighted by Crippen LogP contribution is -2.51. The number of piperazine rings is 1. The first-order chi connectivity index (χ1) is 9.49. The molecule has 2 aliphatic heterocycles. The van der Waals surface area contributed by atoms with Crippen molar-refractivity contribution in [2.24, 2.45) is 5.92 Å². The van der Waals surface area contributed by atoms with Gasteiger partial charge in [-0.05, 0) is 19.9 Å². The predicted octanol–water partition coefficient (Wildman–Crippen LogP) is 0.154. The maximum absolute atomic E-state index is 12.5. The second kappa shape index (κ2) is 6.43. The lowest BCUT2D eigenvalue weighted by atomic mass is 9.95. The lowest BCUT2D eigenvalue weighted by molar-refractivity contribution is -0.138. The van der Waals surface area contributed by atoms with Gasteiger partial charge in [-0.15, -0.1) is 0 Å². The van der Waals surface area contributed by atoms with Gasteiger partial charge in [-0.3, -0.25) is 4.79 Å². The van der Waals surface area contributed by atoms with E-state index in [1.54, 1.807) is 19.0 Å². The van der Waals surface area contributed by atoms with Crippen LogP contribution in [0.5, 0.6) is 0 Å². The van der Waals surface area contributed by atoms with Crippen molar-refractivity contribution in [3.63, 3.8) is 0 Å². The zero-order valence-electron chi connectivity index (χ0n) is 12.8. The van der Waals surface area contributed by atoms with Crippen LogP contribution in [0, 0.1) is 5.92 Å². The molecule has 0 spiro atoms. The van der Waals surface area contributed by atoms with Crippen molar-refractivity contribution >= 4 is 11.9 Å². The van der Waals surface area contributed by atoms with E-state index in [0.717, 1.165) is 39.0 Å². The first kappa shape index (κ1) is 15.1. The van der Waals surface area contributed by atoms with Gasteiger partial charge in [0.25, 0.3) is 0 Å². The van der Waals surface area contributed by atoms with Gasteiger partial charge in [0.1, 0.15) is 0 Å². The van der Waals surface area contributed by atoms with Gasteiger partial charge in [0.15, 0.2) is 0 Å². The van der Waals surface area contributed by atoms with Crippen LogP contribution in [0.3, 0.4) is 0 Å². The Labute approximate surface area is 121 Å². The van der Waals surface area contributed by atoms with Crippen LogP contribution >= 0.6 is 0 Å². The van der Waals surface area contributed by atoms with Crippen molar-refractivity contribution in [2.45, 2.75) is 12.8 Å². The average Bonchev–Trinajstić information content (AvgIpc) is 2.46. The molecule has 0 saturated carbocycles. The summed E-state index contributed by atoms with van der Waals surface area (Å²) in [5, 5.41) is 0. The summed E-state index contributed by atoms with van der Waals surface area (Å²) in [4.78, 5) is 32.0. The third kappa shape index (κ3) is 3.42. The Balaban J connectivity index is 1.81. The van der Waals surface area contributed by atoms with Gasteiger partial charge in [-0.2, -0.15) is 0 Å². The summed E-state index contributed by atoms with van der Waals surface area (Å²) in [6.45, 7) is 4.99. The third-order valence-corrected chi connectivity index (χ3v) is 4.31. The monoisotopic (exact) mass is 282 g/mol. The highest BCUT2D eigenvalue weighted by molar-refractivity contribution is 5.80. The van der Waals surface area contributed by atoms with Gasteiger partial charge >= 0.3 is 6.03 Å². The number of carbonyl (C=O) groups excluding carboxylic acids is 2. The summed E-state index contributed by atoms with van der Waals surface area (Å²) in [6, 6.07) is 0.0514. The Bertz CT molecular complexity index is 356. The van der Waals surface area contributed by atoms with E-state index < -0.39 is 0 Å². The molecule has 0 radical (unpaired) electrons. The van der Waals surface area contributed by atoms with Crippen LogP contribution in [-0.2, 0) is 4.79 Å². The van der Waals surface area contributed by atoms with Gasteiger partial charge in [0, 0.05) is 59.3 Å². The van der Waals surface area contributed by atoms with E-state index in [-0.39, 0.29) is 17.9 Å². The predicted molar refractivity (Wildman–Crippen MR) is 77.5 cm³/mol. The molecule has 2 saturated heterocycles. The Morgan fingerprint density at radius 3 is 1.95 bits per heavy atom. The number of likely N-dealkylation sites (N-methyl/N-ethyl adjacent to an activating group) is 1. The summed E-state index contributed by atoms with van der Waals surface area (Å²) in [6.07, 6.45) is 1.59.